The molecule has 168 valence electrons. The molecule has 0 spiro atoms. The molecule has 1 N–H and O–H groups in total. The smallest absolute Gasteiger partial charge is 0.227 e. The van der Waals surface area contributed by atoms with E-state index < -0.39 is 0 Å². The van der Waals surface area contributed by atoms with Crippen molar-refractivity contribution in [3.8, 4) is 0 Å². The largest absolute Gasteiger partial charge is 0.378 e. The lowest BCUT2D eigenvalue weighted by Gasteiger charge is -2.45. The van der Waals surface area contributed by atoms with Crippen LogP contribution in [0, 0.1) is 0 Å². The molecule has 2 atom stereocenters. The van der Waals surface area contributed by atoms with E-state index >= 15 is 0 Å². The first-order valence-electron chi connectivity index (χ1n) is 11.4. The molecule has 3 aliphatic rings. The minimum Gasteiger partial charge on any atom is -0.378 e. The molecule has 7 nitrogen and oxygen atoms in total. The highest BCUT2D eigenvalue weighted by Crippen LogP contribution is 2.40. The maximum absolute atomic E-state index is 6.72. The van der Waals surface area contributed by atoms with Crippen LogP contribution in [-0.2, 0) is 4.74 Å². The second-order valence-corrected chi connectivity index (χ2v) is 10.0. The lowest BCUT2D eigenvalue weighted by Crippen LogP contribution is -2.55. The van der Waals surface area contributed by atoms with Crippen molar-refractivity contribution >= 4 is 45.7 Å². The van der Waals surface area contributed by atoms with Gasteiger partial charge in [0.05, 0.1) is 42.7 Å². The zero-order chi connectivity index (χ0) is 21.8. The molecule has 32 heavy (non-hydrogen) atoms. The summed E-state index contributed by atoms with van der Waals surface area (Å²) in [6, 6.07) is 5.65. The van der Waals surface area contributed by atoms with Crippen molar-refractivity contribution < 1.29 is 4.74 Å². The van der Waals surface area contributed by atoms with Crippen LogP contribution in [-0.4, -0.2) is 56.5 Å². The number of aromatic nitrogens is 4. The summed E-state index contributed by atoms with van der Waals surface area (Å²) < 4.78 is 7.26. The first kappa shape index (κ1) is 20.7. The molecular formula is C23H26Cl2N6O. The van der Waals surface area contributed by atoms with Gasteiger partial charge in [-0.15, -0.1) is 0 Å². The maximum atomic E-state index is 6.72. The maximum Gasteiger partial charge on any atom is 0.227 e. The van der Waals surface area contributed by atoms with E-state index in [1.54, 1.807) is 12.4 Å². The van der Waals surface area contributed by atoms with Crippen LogP contribution in [0.15, 0.2) is 24.5 Å². The second kappa shape index (κ2) is 8.13. The van der Waals surface area contributed by atoms with Crippen LogP contribution in [0.4, 0.5) is 11.6 Å². The van der Waals surface area contributed by atoms with Crippen molar-refractivity contribution in [2.75, 3.05) is 25.1 Å². The standard InChI is InChI=1S/C23H26Cl2N6O/c1-13-6-14(4-5-30(13)17-11-32-12-17)18-8-20-15(7-19(18)24)9-26-23(28-20)29-21-10-27-31(22(21)25)16-2-3-16/h7-10,13-14,16-17H,2-6,11-12H2,1H3,(H,26,28,29)/t13-,14+/m0/s1. The number of hydrogen-bond acceptors (Lipinski definition) is 6. The molecular weight excluding hydrogens is 447 g/mol. The summed E-state index contributed by atoms with van der Waals surface area (Å²) in [5.41, 5.74) is 2.79. The number of nitrogens with one attached hydrogen (secondary N) is 1. The van der Waals surface area contributed by atoms with Crippen LogP contribution >= 0.6 is 23.2 Å². The number of benzene rings is 1. The lowest BCUT2D eigenvalue weighted by atomic mass is 9.84. The number of anilines is 2. The van der Waals surface area contributed by atoms with Gasteiger partial charge in [0.2, 0.25) is 5.95 Å². The molecule has 6 rings (SSSR count). The number of piperidine rings is 1. The fourth-order valence-corrected chi connectivity index (χ4v) is 5.60. The Kier molecular flexibility index (Phi) is 5.25. The number of nitrogens with zero attached hydrogens (tertiary/aromatic N) is 5. The van der Waals surface area contributed by atoms with Crippen LogP contribution in [0.5, 0.6) is 0 Å². The Labute approximate surface area is 197 Å². The third-order valence-electron chi connectivity index (χ3n) is 7.03. The summed E-state index contributed by atoms with van der Waals surface area (Å²) in [6.07, 6.45) is 7.99. The topological polar surface area (TPSA) is 68.1 Å². The molecule has 3 fully saturated rings. The molecule has 0 radical (unpaired) electrons. The highest BCUT2D eigenvalue weighted by molar-refractivity contribution is 6.32. The Bertz CT molecular complexity index is 1160. The third kappa shape index (κ3) is 3.75. The number of hydrogen-bond donors (Lipinski definition) is 1. The SMILES string of the molecule is C[C@H]1C[C@H](c2cc3nc(Nc4cnn(C5CC5)c4Cl)ncc3cc2Cl)CCN1C1COC1. The van der Waals surface area contributed by atoms with Gasteiger partial charge in [0.15, 0.2) is 5.15 Å². The third-order valence-corrected chi connectivity index (χ3v) is 7.73. The molecule has 2 saturated heterocycles. The summed E-state index contributed by atoms with van der Waals surface area (Å²) in [7, 11) is 0. The van der Waals surface area contributed by atoms with Crippen molar-refractivity contribution in [3.05, 3.63) is 40.3 Å². The summed E-state index contributed by atoms with van der Waals surface area (Å²) in [4.78, 5) is 11.8. The van der Waals surface area contributed by atoms with Crippen molar-refractivity contribution in [3.63, 3.8) is 0 Å². The first-order chi connectivity index (χ1) is 15.6. The molecule has 0 unspecified atom stereocenters. The number of fused-ring (bicyclic) bond motifs is 1. The molecule has 1 aliphatic carbocycles. The van der Waals surface area contributed by atoms with Crippen molar-refractivity contribution in [1.82, 2.24) is 24.6 Å². The summed E-state index contributed by atoms with van der Waals surface area (Å²) >= 11 is 13.2. The molecule has 1 saturated carbocycles. The summed E-state index contributed by atoms with van der Waals surface area (Å²) in [5.74, 6) is 0.938. The van der Waals surface area contributed by atoms with Crippen LogP contribution < -0.4 is 5.32 Å². The quantitative estimate of drug-likeness (QED) is 0.551. The molecule has 3 aromatic rings. The van der Waals surface area contributed by atoms with E-state index in [1.807, 2.05) is 10.7 Å². The van der Waals surface area contributed by atoms with Gasteiger partial charge >= 0.3 is 0 Å². The number of likely N-dealkylation sites (tertiary alicyclic amines) is 1. The van der Waals surface area contributed by atoms with Gasteiger partial charge in [-0.05, 0) is 62.8 Å². The summed E-state index contributed by atoms with van der Waals surface area (Å²) in [6.45, 7) is 5.12. The van der Waals surface area contributed by atoms with E-state index in [1.165, 1.54) is 5.56 Å². The Hall–Kier alpha value is -1.93. The fraction of sp³-hybridized carbons (Fsp3) is 0.522. The monoisotopic (exact) mass is 472 g/mol. The Balaban J connectivity index is 1.24. The number of ether oxygens (including phenoxy) is 1. The first-order valence-corrected chi connectivity index (χ1v) is 12.1. The average molecular weight is 473 g/mol. The Morgan fingerprint density at radius 2 is 1.94 bits per heavy atom. The van der Waals surface area contributed by atoms with Crippen LogP contribution in [0.1, 0.15) is 50.1 Å². The molecule has 1 aromatic carbocycles. The van der Waals surface area contributed by atoms with Crippen LogP contribution in [0.3, 0.4) is 0 Å². The number of halogens is 2. The van der Waals surface area contributed by atoms with Crippen LogP contribution in [0.2, 0.25) is 10.2 Å². The van der Waals surface area contributed by atoms with E-state index in [4.69, 9.17) is 32.9 Å². The molecule has 4 heterocycles. The minimum atomic E-state index is 0.422. The normalized spacial score (nSPS) is 24.6. The average Bonchev–Trinajstić information content (AvgIpc) is 3.52. The van der Waals surface area contributed by atoms with Gasteiger partial charge in [0.25, 0.3) is 0 Å². The van der Waals surface area contributed by atoms with E-state index in [0.717, 1.165) is 67.1 Å². The summed E-state index contributed by atoms with van der Waals surface area (Å²) in [5, 5.41) is 9.96. The van der Waals surface area contributed by atoms with Crippen molar-refractivity contribution in [1.29, 1.82) is 0 Å². The molecule has 0 bridgehead atoms. The second-order valence-electron chi connectivity index (χ2n) is 9.28. The van der Waals surface area contributed by atoms with Gasteiger partial charge in [-0.1, -0.05) is 23.2 Å². The zero-order valence-corrected chi connectivity index (χ0v) is 19.5. The molecule has 2 aromatic heterocycles. The lowest BCUT2D eigenvalue weighted by molar-refractivity contribution is -0.0862. The fourth-order valence-electron chi connectivity index (χ4n) is 5.00. The highest BCUT2D eigenvalue weighted by Gasteiger charge is 2.35. The van der Waals surface area contributed by atoms with Crippen molar-refractivity contribution in [2.24, 2.45) is 0 Å². The van der Waals surface area contributed by atoms with E-state index in [2.05, 4.69) is 33.3 Å². The van der Waals surface area contributed by atoms with E-state index in [0.29, 0.717) is 35.1 Å². The Morgan fingerprint density at radius 1 is 1.09 bits per heavy atom. The van der Waals surface area contributed by atoms with E-state index in [-0.39, 0.29) is 0 Å². The Morgan fingerprint density at radius 3 is 2.66 bits per heavy atom. The predicted octanol–water partition coefficient (Wildman–Crippen LogP) is 5.18. The number of rotatable bonds is 5. The van der Waals surface area contributed by atoms with Gasteiger partial charge < -0.3 is 10.1 Å². The van der Waals surface area contributed by atoms with E-state index in [9.17, 15) is 0 Å². The van der Waals surface area contributed by atoms with Gasteiger partial charge in [-0.25, -0.2) is 14.6 Å². The zero-order valence-electron chi connectivity index (χ0n) is 18.0. The predicted molar refractivity (Wildman–Crippen MR) is 126 cm³/mol. The van der Waals surface area contributed by atoms with Gasteiger partial charge in [-0.2, -0.15) is 5.10 Å². The molecule has 0 amide bonds. The minimum absolute atomic E-state index is 0.422. The van der Waals surface area contributed by atoms with Gasteiger partial charge in [0.1, 0.15) is 0 Å². The van der Waals surface area contributed by atoms with Crippen molar-refractivity contribution in [2.45, 2.75) is 56.7 Å². The van der Waals surface area contributed by atoms with Crippen LogP contribution in [0.25, 0.3) is 10.9 Å². The molecule has 2 aliphatic heterocycles. The van der Waals surface area contributed by atoms with Gasteiger partial charge in [-0.3, -0.25) is 4.90 Å². The molecule has 9 heteroatoms. The highest BCUT2D eigenvalue weighted by atomic mass is 35.5. The van der Waals surface area contributed by atoms with Gasteiger partial charge in [0, 0.05) is 22.6 Å².